The summed E-state index contributed by atoms with van der Waals surface area (Å²) in [6.07, 6.45) is 2.79. The molecule has 0 unspecified atom stereocenters. The third-order valence-electron chi connectivity index (χ3n) is 3.21. The largest absolute Gasteiger partial charge is 0.398 e. The summed E-state index contributed by atoms with van der Waals surface area (Å²) in [5, 5.41) is 0.627. The van der Waals surface area contributed by atoms with E-state index in [1.165, 1.54) is 0 Å². The number of nitrogens with two attached hydrogens (primary N) is 1. The van der Waals surface area contributed by atoms with Gasteiger partial charge in [-0.25, -0.2) is 9.97 Å². The van der Waals surface area contributed by atoms with Crippen LogP contribution in [0.4, 0.5) is 5.69 Å². The Labute approximate surface area is 122 Å². The third-order valence-corrected chi connectivity index (χ3v) is 3.44. The van der Waals surface area contributed by atoms with Crippen molar-refractivity contribution in [2.45, 2.75) is 19.9 Å². The van der Waals surface area contributed by atoms with Crippen molar-refractivity contribution in [2.24, 2.45) is 0 Å². The van der Waals surface area contributed by atoms with E-state index in [0.29, 0.717) is 10.7 Å². The summed E-state index contributed by atoms with van der Waals surface area (Å²) in [7, 11) is 0. The second-order valence-corrected chi connectivity index (χ2v) is 5.10. The summed E-state index contributed by atoms with van der Waals surface area (Å²) in [6, 6.07) is 9.34. The predicted octanol–water partition coefficient (Wildman–Crippen LogP) is 3.74. The van der Waals surface area contributed by atoms with E-state index in [1.54, 1.807) is 12.3 Å². The van der Waals surface area contributed by atoms with Crippen LogP contribution in [0, 0.1) is 0 Å². The fourth-order valence-electron chi connectivity index (χ4n) is 2.34. The van der Waals surface area contributed by atoms with E-state index in [4.69, 9.17) is 17.3 Å². The van der Waals surface area contributed by atoms with Gasteiger partial charge in [0.2, 0.25) is 0 Å². The van der Waals surface area contributed by atoms with Gasteiger partial charge in [0, 0.05) is 29.0 Å². The first kappa shape index (κ1) is 12.9. The van der Waals surface area contributed by atoms with Gasteiger partial charge in [-0.2, -0.15) is 0 Å². The second kappa shape index (κ2) is 5.13. The van der Waals surface area contributed by atoms with Gasteiger partial charge in [-0.1, -0.05) is 18.5 Å². The van der Waals surface area contributed by atoms with Crippen molar-refractivity contribution in [1.82, 2.24) is 14.5 Å². The van der Waals surface area contributed by atoms with Crippen LogP contribution in [0.5, 0.6) is 0 Å². The molecule has 20 heavy (non-hydrogen) atoms. The van der Waals surface area contributed by atoms with Crippen molar-refractivity contribution in [3.63, 3.8) is 0 Å². The molecule has 0 amide bonds. The first-order valence-corrected chi connectivity index (χ1v) is 6.95. The van der Waals surface area contributed by atoms with Gasteiger partial charge in [-0.3, -0.25) is 0 Å². The fourth-order valence-corrected chi connectivity index (χ4v) is 2.52. The van der Waals surface area contributed by atoms with Crippen molar-refractivity contribution in [2.75, 3.05) is 5.73 Å². The molecule has 0 atom stereocenters. The van der Waals surface area contributed by atoms with E-state index >= 15 is 0 Å². The number of aryl methyl sites for hydroxylation is 1. The first-order chi connectivity index (χ1) is 9.70. The molecule has 0 aliphatic rings. The van der Waals surface area contributed by atoms with Gasteiger partial charge in [0.25, 0.3) is 0 Å². The molecule has 0 radical (unpaired) electrons. The number of halogens is 1. The SMILES string of the molecule is CCCn1c(-c2ccc(Cl)cc2N)nc2cccnc21. The van der Waals surface area contributed by atoms with E-state index in [1.807, 2.05) is 24.3 Å². The van der Waals surface area contributed by atoms with E-state index in [-0.39, 0.29) is 0 Å². The van der Waals surface area contributed by atoms with Crippen molar-refractivity contribution >= 4 is 28.5 Å². The number of nitrogen functional groups attached to an aromatic ring is 1. The van der Waals surface area contributed by atoms with Crippen LogP contribution in [-0.2, 0) is 6.54 Å². The molecule has 3 aromatic rings. The quantitative estimate of drug-likeness (QED) is 0.746. The fraction of sp³-hybridized carbons (Fsp3) is 0.200. The molecule has 0 fully saturated rings. The van der Waals surface area contributed by atoms with E-state index in [2.05, 4.69) is 21.5 Å². The molecule has 5 heteroatoms. The molecular weight excluding hydrogens is 272 g/mol. The maximum Gasteiger partial charge on any atom is 0.160 e. The minimum Gasteiger partial charge on any atom is -0.398 e. The number of benzene rings is 1. The second-order valence-electron chi connectivity index (χ2n) is 4.66. The summed E-state index contributed by atoms with van der Waals surface area (Å²) in [6.45, 7) is 2.98. The monoisotopic (exact) mass is 286 g/mol. The molecule has 0 saturated heterocycles. The number of pyridine rings is 1. The molecule has 1 aromatic carbocycles. The molecular formula is C15H15ClN4. The van der Waals surface area contributed by atoms with Crippen LogP contribution in [0.25, 0.3) is 22.6 Å². The zero-order chi connectivity index (χ0) is 14.1. The molecule has 2 aromatic heterocycles. The summed E-state index contributed by atoms with van der Waals surface area (Å²) < 4.78 is 2.11. The van der Waals surface area contributed by atoms with E-state index in [0.717, 1.165) is 35.5 Å². The van der Waals surface area contributed by atoms with Gasteiger partial charge >= 0.3 is 0 Å². The van der Waals surface area contributed by atoms with Crippen LogP contribution < -0.4 is 5.73 Å². The van der Waals surface area contributed by atoms with Crippen LogP contribution in [0.15, 0.2) is 36.5 Å². The highest BCUT2D eigenvalue weighted by Crippen LogP contribution is 2.30. The van der Waals surface area contributed by atoms with Crippen LogP contribution in [0.1, 0.15) is 13.3 Å². The van der Waals surface area contributed by atoms with Crippen LogP contribution >= 0.6 is 11.6 Å². The number of anilines is 1. The molecule has 0 bridgehead atoms. The smallest absolute Gasteiger partial charge is 0.160 e. The van der Waals surface area contributed by atoms with Crippen LogP contribution in [0.3, 0.4) is 0 Å². The molecule has 0 saturated carbocycles. The molecule has 0 spiro atoms. The first-order valence-electron chi connectivity index (χ1n) is 6.57. The third kappa shape index (κ3) is 2.12. The van der Waals surface area contributed by atoms with Gasteiger partial charge in [0.15, 0.2) is 5.65 Å². The normalized spacial score (nSPS) is 11.1. The zero-order valence-electron chi connectivity index (χ0n) is 11.2. The Kier molecular flexibility index (Phi) is 3.32. The molecule has 4 nitrogen and oxygen atoms in total. The Bertz CT molecular complexity index is 764. The topological polar surface area (TPSA) is 56.7 Å². The summed E-state index contributed by atoms with van der Waals surface area (Å²) >= 11 is 5.96. The van der Waals surface area contributed by atoms with Gasteiger partial charge in [-0.15, -0.1) is 0 Å². The highest BCUT2D eigenvalue weighted by Gasteiger charge is 2.14. The number of hydrogen-bond acceptors (Lipinski definition) is 3. The Balaban J connectivity index is 2.26. The number of fused-ring (bicyclic) bond motifs is 1. The van der Waals surface area contributed by atoms with Gasteiger partial charge < -0.3 is 10.3 Å². The van der Waals surface area contributed by atoms with Gasteiger partial charge in [-0.05, 0) is 36.8 Å². The van der Waals surface area contributed by atoms with Crippen molar-refractivity contribution in [1.29, 1.82) is 0 Å². The number of nitrogens with zero attached hydrogens (tertiary/aromatic N) is 3. The molecule has 0 aliphatic carbocycles. The molecule has 102 valence electrons. The Hall–Kier alpha value is -2.07. The molecule has 2 N–H and O–H groups in total. The average Bonchev–Trinajstić information content (AvgIpc) is 2.78. The van der Waals surface area contributed by atoms with E-state index in [9.17, 15) is 0 Å². The molecule has 0 aliphatic heterocycles. The Morgan fingerprint density at radius 2 is 2.15 bits per heavy atom. The number of hydrogen-bond donors (Lipinski definition) is 1. The summed E-state index contributed by atoms with van der Waals surface area (Å²) in [5.74, 6) is 0.842. The maximum absolute atomic E-state index is 6.08. The van der Waals surface area contributed by atoms with E-state index < -0.39 is 0 Å². The summed E-state index contributed by atoms with van der Waals surface area (Å²) in [5.41, 5.74) is 9.37. The highest BCUT2D eigenvalue weighted by atomic mass is 35.5. The number of imidazole rings is 1. The predicted molar refractivity (Wildman–Crippen MR) is 82.7 cm³/mol. The molecule has 3 rings (SSSR count). The standard InChI is InChI=1S/C15H15ClN4/c1-2-8-20-14(11-6-5-10(16)9-12(11)17)19-13-4-3-7-18-15(13)20/h3-7,9H,2,8,17H2,1H3. The minimum absolute atomic E-state index is 0.627. The lowest BCUT2D eigenvalue weighted by atomic mass is 10.1. The Morgan fingerprint density at radius 3 is 2.90 bits per heavy atom. The maximum atomic E-state index is 6.08. The lowest BCUT2D eigenvalue weighted by Crippen LogP contribution is -2.02. The van der Waals surface area contributed by atoms with Crippen LogP contribution in [0.2, 0.25) is 5.02 Å². The van der Waals surface area contributed by atoms with Gasteiger partial charge in [0.05, 0.1) is 0 Å². The average molecular weight is 287 g/mol. The number of rotatable bonds is 3. The highest BCUT2D eigenvalue weighted by molar-refractivity contribution is 6.31. The van der Waals surface area contributed by atoms with Crippen molar-refractivity contribution in [3.05, 3.63) is 41.6 Å². The van der Waals surface area contributed by atoms with Crippen molar-refractivity contribution < 1.29 is 0 Å². The van der Waals surface area contributed by atoms with Crippen molar-refractivity contribution in [3.8, 4) is 11.4 Å². The lowest BCUT2D eigenvalue weighted by Gasteiger charge is -2.09. The Morgan fingerprint density at radius 1 is 1.30 bits per heavy atom. The van der Waals surface area contributed by atoms with Crippen LogP contribution in [-0.4, -0.2) is 14.5 Å². The number of aromatic nitrogens is 3. The lowest BCUT2D eigenvalue weighted by molar-refractivity contribution is 0.698. The zero-order valence-corrected chi connectivity index (χ0v) is 11.9. The summed E-state index contributed by atoms with van der Waals surface area (Å²) in [4.78, 5) is 9.10. The minimum atomic E-state index is 0.627. The van der Waals surface area contributed by atoms with Gasteiger partial charge in [0.1, 0.15) is 11.3 Å². The molecule has 2 heterocycles.